The first kappa shape index (κ1) is 23.5. The number of ether oxygens (including phenoxy) is 3. The van der Waals surface area contributed by atoms with Gasteiger partial charge < -0.3 is 24.4 Å². The third kappa shape index (κ3) is 5.55. The van der Waals surface area contributed by atoms with Crippen molar-refractivity contribution in [1.29, 1.82) is 0 Å². The Morgan fingerprint density at radius 1 is 0.857 bits per heavy atom. The maximum atomic E-state index is 6.17. The summed E-state index contributed by atoms with van der Waals surface area (Å²) in [4.78, 5) is 5.11. The molecule has 5 rings (SSSR count). The summed E-state index contributed by atoms with van der Waals surface area (Å²) in [5.74, 6) is 2.46. The van der Waals surface area contributed by atoms with Crippen molar-refractivity contribution in [3.63, 3.8) is 0 Å². The van der Waals surface area contributed by atoms with E-state index in [2.05, 4.69) is 69.7 Å². The van der Waals surface area contributed by atoms with Crippen LogP contribution in [0.15, 0.2) is 66.7 Å². The second-order valence-electron chi connectivity index (χ2n) is 9.33. The second-order valence-corrected chi connectivity index (χ2v) is 9.33. The monoisotopic (exact) mass is 473 g/mol. The summed E-state index contributed by atoms with van der Waals surface area (Å²) < 4.78 is 17.1. The average Bonchev–Trinajstić information content (AvgIpc) is 2.92. The van der Waals surface area contributed by atoms with Gasteiger partial charge in [0.25, 0.3) is 0 Å². The van der Waals surface area contributed by atoms with Gasteiger partial charge in [0.15, 0.2) is 11.5 Å². The Hall–Kier alpha value is -3.22. The largest absolute Gasteiger partial charge is 0.493 e. The Bertz CT molecular complexity index is 1120. The van der Waals surface area contributed by atoms with Crippen molar-refractivity contribution in [2.45, 2.75) is 38.6 Å². The fourth-order valence-electron chi connectivity index (χ4n) is 5.16. The molecule has 1 N–H and O–H groups in total. The molecule has 1 fully saturated rings. The molecule has 0 radical (unpaired) electrons. The number of methoxy groups -OCH3 is 2. The highest BCUT2D eigenvalue weighted by molar-refractivity contribution is 5.58. The summed E-state index contributed by atoms with van der Waals surface area (Å²) >= 11 is 0. The molecule has 0 bridgehead atoms. The van der Waals surface area contributed by atoms with E-state index in [0.29, 0.717) is 12.6 Å². The van der Waals surface area contributed by atoms with Crippen molar-refractivity contribution >= 4 is 5.69 Å². The van der Waals surface area contributed by atoms with Gasteiger partial charge in [0.05, 0.1) is 20.9 Å². The zero-order valence-corrected chi connectivity index (χ0v) is 20.7. The van der Waals surface area contributed by atoms with Crippen LogP contribution in [0, 0.1) is 0 Å². The molecule has 2 heterocycles. The number of anilines is 1. The average molecular weight is 474 g/mol. The molecule has 2 aliphatic heterocycles. The number of benzene rings is 3. The standard InChI is InChI=1S/C29H35N3O3/c1-33-28-11-8-23(16-29(28)34-2)18-31-19-24-17-26(35-20-22-6-4-3-5-7-22)9-10-27(24)32(21-31)25-12-14-30-15-13-25/h3-11,16-17,25,30H,12-15,18-21H2,1-2H3. The van der Waals surface area contributed by atoms with Crippen LogP contribution in [0.25, 0.3) is 0 Å². The Labute approximate surface area is 208 Å². The zero-order chi connectivity index (χ0) is 24.0. The predicted molar refractivity (Wildman–Crippen MR) is 139 cm³/mol. The molecule has 3 aromatic carbocycles. The first-order chi connectivity index (χ1) is 17.2. The lowest BCUT2D eigenvalue weighted by Gasteiger charge is -2.44. The molecular formula is C29H35N3O3. The van der Waals surface area contributed by atoms with Crippen LogP contribution in [0.5, 0.6) is 17.2 Å². The number of fused-ring (bicyclic) bond motifs is 1. The molecule has 184 valence electrons. The minimum absolute atomic E-state index is 0.541. The van der Waals surface area contributed by atoms with Crippen LogP contribution in [0.4, 0.5) is 5.69 Å². The fraction of sp³-hybridized carbons (Fsp3) is 0.379. The van der Waals surface area contributed by atoms with E-state index in [-0.39, 0.29) is 0 Å². The van der Waals surface area contributed by atoms with Crippen LogP contribution in [0.3, 0.4) is 0 Å². The van der Waals surface area contributed by atoms with Gasteiger partial charge in [0.1, 0.15) is 12.4 Å². The molecule has 0 amide bonds. The SMILES string of the molecule is COc1ccc(CN2Cc3cc(OCc4ccccc4)ccc3N(C3CCNCC3)C2)cc1OC. The highest BCUT2D eigenvalue weighted by Crippen LogP contribution is 2.35. The first-order valence-corrected chi connectivity index (χ1v) is 12.4. The van der Waals surface area contributed by atoms with E-state index >= 15 is 0 Å². The van der Waals surface area contributed by atoms with Gasteiger partial charge in [-0.15, -0.1) is 0 Å². The molecule has 0 atom stereocenters. The lowest BCUT2D eigenvalue weighted by atomic mass is 10.0. The number of piperidine rings is 1. The van der Waals surface area contributed by atoms with Crippen LogP contribution in [0.2, 0.25) is 0 Å². The highest BCUT2D eigenvalue weighted by Gasteiger charge is 2.29. The minimum atomic E-state index is 0.541. The van der Waals surface area contributed by atoms with E-state index < -0.39 is 0 Å². The number of nitrogens with one attached hydrogen (secondary N) is 1. The lowest BCUT2D eigenvalue weighted by Crippen LogP contribution is -2.50. The molecule has 1 saturated heterocycles. The molecule has 3 aromatic rings. The maximum absolute atomic E-state index is 6.17. The minimum Gasteiger partial charge on any atom is -0.493 e. The number of hydrogen-bond acceptors (Lipinski definition) is 6. The summed E-state index contributed by atoms with van der Waals surface area (Å²) in [6, 6.07) is 23.7. The van der Waals surface area contributed by atoms with Crippen LogP contribution in [-0.2, 0) is 19.7 Å². The maximum Gasteiger partial charge on any atom is 0.161 e. The van der Waals surface area contributed by atoms with Crippen molar-refractivity contribution < 1.29 is 14.2 Å². The summed E-state index contributed by atoms with van der Waals surface area (Å²) in [6.07, 6.45) is 2.33. The molecule has 0 saturated carbocycles. The van der Waals surface area contributed by atoms with Gasteiger partial charge in [-0.05, 0) is 73.0 Å². The molecule has 0 aromatic heterocycles. The van der Waals surface area contributed by atoms with Gasteiger partial charge in [-0.1, -0.05) is 36.4 Å². The number of rotatable bonds is 8. The molecular weight excluding hydrogens is 438 g/mol. The summed E-state index contributed by atoms with van der Waals surface area (Å²) in [7, 11) is 3.36. The molecule has 6 nitrogen and oxygen atoms in total. The molecule has 6 heteroatoms. The third-order valence-electron chi connectivity index (χ3n) is 6.96. The molecule has 0 unspecified atom stereocenters. The van der Waals surface area contributed by atoms with Crippen LogP contribution in [-0.4, -0.2) is 44.9 Å². The van der Waals surface area contributed by atoms with E-state index in [9.17, 15) is 0 Å². The topological polar surface area (TPSA) is 46.2 Å². The van der Waals surface area contributed by atoms with E-state index in [1.165, 1.54) is 22.4 Å². The van der Waals surface area contributed by atoms with E-state index in [1.807, 2.05) is 12.1 Å². The smallest absolute Gasteiger partial charge is 0.161 e. The van der Waals surface area contributed by atoms with Gasteiger partial charge in [-0.25, -0.2) is 0 Å². The molecule has 2 aliphatic rings. The van der Waals surface area contributed by atoms with E-state index in [4.69, 9.17) is 14.2 Å². The molecule has 35 heavy (non-hydrogen) atoms. The van der Waals surface area contributed by atoms with Crippen LogP contribution >= 0.6 is 0 Å². The lowest BCUT2D eigenvalue weighted by molar-refractivity contribution is 0.225. The number of nitrogens with zero attached hydrogens (tertiary/aromatic N) is 2. The van der Waals surface area contributed by atoms with Gasteiger partial charge >= 0.3 is 0 Å². The summed E-state index contributed by atoms with van der Waals surface area (Å²) in [5.41, 5.74) is 5.05. The van der Waals surface area contributed by atoms with E-state index in [1.54, 1.807) is 14.2 Å². The summed E-state index contributed by atoms with van der Waals surface area (Å²) in [5, 5.41) is 3.51. The Morgan fingerprint density at radius 2 is 1.66 bits per heavy atom. The summed E-state index contributed by atoms with van der Waals surface area (Å²) in [6.45, 7) is 5.36. The van der Waals surface area contributed by atoms with Crippen molar-refractivity contribution in [2.75, 3.05) is 38.9 Å². The molecule has 0 aliphatic carbocycles. The van der Waals surface area contributed by atoms with Gasteiger partial charge in [0, 0.05) is 24.8 Å². The van der Waals surface area contributed by atoms with Gasteiger partial charge in [-0.2, -0.15) is 0 Å². The predicted octanol–water partition coefficient (Wildman–Crippen LogP) is 4.81. The van der Waals surface area contributed by atoms with Gasteiger partial charge in [0.2, 0.25) is 0 Å². The van der Waals surface area contributed by atoms with Crippen molar-refractivity contribution in [2.24, 2.45) is 0 Å². The van der Waals surface area contributed by atoms with Crippen LogP contribution < -0.4 is 24.4 Å². The first-order valence-electron chi connectivity index (χ1n) is 12.4. The van der Waals surface area contributed by atoms with Crippen molar-refractivity contribution in [3.8, 4) is 17.2 Å². The number of hydrogen-bond donors (Lipinski definition) is 1. The van der Waals surface area contributed by atoms with Gasteiger partial charge in [-0.3, -0.25) is 4.90 Å². The quantitative estimate of drug-likeness (QED) is 0.506. The fourth-order valence-corrected chi connectivity index (χ4v) is 5.16. The normalized spacial score (nSPS) is 16.6. The van der Waals surface area contributed by atoms with Crippen molar-refractivity contribution in [3.05, 3.63) is 83.4 Å². The highest BCUT2D eigenvalue weighted by atomic mass is 16.5. The Balaban J connectivity index is 1.37. The zero-order valence-electron chi connectivity index (χ0n) is 20.7. The van der Waals surface area contributed by atoms with Crippen LogP contribution in [0.1, 0.15) is 29.5 Å². The van der Waals surface area contributed by atoms with Crippen molar-refractivity contribution in [1.82, 2.24) is 10.2 Å². The van der Waals surface area contributed by atoms with E-state index in [0.717, 1.165) is 62.9 Å². The second kappa shape index (κ2) is 11.0. The third-order valence-corrected chi connectivity index (χ3v) is 6.96. The Kier molecular flexibility index (Phi) is 7.40. The molecule has 0 spiro atoms. The Morgan fingerprint density at radius 3 is 2.43 bits per heavy atom.